The van der Waals surface area contributed by atoms with Crippen LogP contribution >= 0.6 is 12.6 Å². The van der Waals surface area contributed by atoms with Gasteiger partial charge in [-0.05, 0) is 160 Å². The number of thiol groups is 1. The number of aromatic amines is 2. The molecule has 3 aromatic carbocycles. The van der Waals surface area contributed by atoms with Crippen LogP contribution in [0.3, 0.4) is 0 Å². The number of guanidine groups is 2. The molecule has 52 nitrogen and oxygen atoms in total. The molecule has 2 fully saturated rings. The first-order valence-electron chi connectivity index (χ1n) is 47.8. The Kier molecular flexibility index (Phi) is 47.3. The van der Waals surface area contributed by atoms with Gasteiger partial charge in [0.05, 0.1) is 31.1 Å². The molecule has 0 bridgehead atoms. The molecule has 7 rings (SSSR count). The Balaban J connectivity index is 1.03. The maximum absolute atomic E-state index is 15.0. The minimum atomic E-state index is -1.97. The fourth-order valence-electron chi connectivity index (χ4n) is 16.0. The number of rotatable bonds is 59. The van der Waals surface area contributed by atoms with Gasteiger partial charge in [-0.2, -0.15) is 12.6 Å². The smallest absolute Gasteiger partial charge is 0.326 e. The number of carbonyl (C=O) groups is 19. The average molecular weight is 2060 g/mol. The molecule has 2 saturated heterocycles. The Morgan fingerprint density at radius 1 is 0.466 bits per heavy atom. The quantitative estimate of drug-likeness (QED) is 0.00744. The first-order valence-corrected chi connectivity index (χ1v) is 48.4. The molecule has 2 aliphatic heterocycles. The summed E-state index contributed by atoms with van der Waals surface area (Å²) in [7, 11) is 0. The number of nitrogens with zero attached hydrogens (tertiary/aromatic N) is 3. The van der Waals surface area contributed by atoms with Crippen molar-refractivity contribution in [3.8, 4) is 5.75 Å². The topological polar surface area (TPSA) is 833 Å². The molecule has 798 valence electrons. The number of likely N-dealkylation sites (tertiary alicyclic amines) is 2. The number of amides is 17. The Morgan fingerprint density at radius 2 is 0.918 bits per heavy atom. The number of imidazole rings is 1. The molecule has 34 N–H and O–H groups in total. The molecule has 19 atom stereocenters. The van der Waals surface area contributed by atoms with Crippen LogP contribution < -0.4 is 113 Å². The molecule has 0 aliphatic carbocycles. The number of benzene rings is 3. The van der Waals surface area contributed by atoms with E-state index in [1.54, 1.807) is 60.8 Å². The fraction of sp³-hybridized carbons (Fsp3) is 0.527. The van der Waals surface area contributed by atoms with E-state index in [0.717, 1.165) is 23.6 Å². The normalized spacial score (nSPS) is 16.7. The summed E-state index contributed by atoms with van der Waals surface area (Å²) in [6.45, 7) is 6.54. The second-order valence-electron chi connectivity index (χ2n) is 35.7. The fourth-order valence-corrected chi connectivity index (χ4v) is 16.1. The third-order valence-electron chi connectivity index (χ3n) is 24.1. The Labute approximate surface area is 845 Å². The van der Waals surface area contributed by atoms with Crippen molar-refractivity contribution in [1.82, 2.24) is 115 Å². The SMILES string of the molecule is C[C@H](NC(=O)[C@H](C)NC(=O)[C@H](Cc1cnc[nH]1)NC(=O)[C@H](C)NC(=O)[C@@H](N)CS)C(=O)N[C@@H](CCCNC(=N)N)C(=O)N[C@@H](CCC(=O)O)C(=O)N1CCC[C@H]1C(=O)N1CCC[C@H]1C(=O)N[C@H](C(=O)N[C@@H](CCCNC(=N)N)C(=O)N[C@H](C(=O)N[C@@H](Cc1ccccc1)C(=O)N[C@@H](C)C(=O)N[C@@H](Cc1ccc(O)cc1)C(=O)N[C@@H](Cc1c[nH]c2ccccc12)C(=O)NCC(=O)N[C@@H](CCCCN)C(=O)O)[C@@H](C)O)[C@@H](C)O. The van der Waals surface area contributed by atoms with Crippen LogP contribution in [0.4, 0.5) is 0 Å². The number of hydrogen-bond donors (Lipinski definition) is 31. The zero-order chi connectivity index (χ0) is 108. The molecular weight excluding hydrogens is 1930 g/mol. The lowest BCUT2D eigenvalue weighted by molar-refractivity contribution is -0.148. The maximum atomic E-state index is 15.0. The number of aromatic nitrogens is 3. The summed E-state index contributed by atoms with van der Waals surface area (Å²) in [6.07, 6.45) is -0.962. The summed E-state index contributed by atoms with van der Waals surface area (Å²) >= 11 is 4.00. The second-order valence-corrected chi connectivity index (χ2v) is 36.1. The lowest BCUT2D eigenvalue weighted by atomic mass is 10.0. The van der Waals surface area contributed by atoms with E-state index in [9.17, 15) is 117 Å². The number of fused-ring (bicyclic) bond motifs is 1. The van der Waals surface area contributed by atoms with Crippen molar-refractivity contribution in [2.24, 2.45) is 22.9 Å². The van der Waals surface area contributed by atoms with E-state index in [-0.39, 0.29) is 128 Å². The van der Waals surface area contributed by atoms with Gasteiger partial charge in [-0.3, -0.25) is 97.1 Å². The highest BCUT2D eigenvalue weighted by molar-refractivity contribution is 7.80. The summed E-state index contributed by atoms with van der Waals surface area (Å²) in [6, 6.07) is -4.99. The number of nitrogens with two attached hydrogens (primary N) is 4. The van der Waals surface area contributed by atoms with Gasteiger partial charge >= 0.3 is 11.9 Å². The predicted octanol–water partition coefficient (Wildman–Crippen LogP) is -7.54. The molecule has 2 aromatic heterocycles. The first kappa shape index (κ1) is 118. The number of aliphatic hydroxyl groups is 2. The van der Waals surface area contributed by atoms with Crippen molar-refractivity contribution >= 4 is 148 Å². The average Bonchev–Trinajstić information content (AvgIpc) is 1.65. The van der Waals surface area contributed by atoms with Gasteiger partial charge < -0.3 is 159 Å². The summed E-state index contributed by atoms with van der Waals surface area (Å²) < 4.78 is 0. The number of aromatic hydroxyl groups is 1. The van der Waals surface area contributed by atoms with Crippen LogP contribution in [0.2, 0.25) is 0 Å². The predicted molar refractivity (Wildman–Crippen MR) is 529 cm³/mol. The van der Waals surface area contributed by atoms with Gasteiger partial charge in [-0.1, -0.05) is 60.7 Å². The molecule has 0 saturated carbocycles. The van der Waals surface area contributed by atoms with Gasteiger partial charge in [0, 0.05) is 93.0 Å². The lowest BCUT2D eigenvalue weighted by Crippen LogP contribution is -2.63. The van der Waals surface area contributed by atoms with Crippen molar-refractivity contribution in [1.29, 1.82) is 10.8 Å². The molecule has 0 unspecified atom stereocenters. The molecule has 4 heterocycles. The van der Waals surface area contributed by atoms with Crippen molar-refractivity contribution in [2.45, 2.75) is 266 Å². The van der Waals surface area contributed by atoms with Gasteiger partial charge in [0.2, 0.25) is 100 Å². The van der Waals surface area contributed by atoms with Gasteiger partial charge in [0.15, 0.2) is 11.9 Å². The highest BCUT2D eigenvalue weighted by Crippen LogP contribution is 2.28. The van der Waals surface area contributed by atoms with Crippen LogP contribution in [0, 0.1) is 10.8 Å². The van der Waals surface area contributed by atoms with E-state index in [2.05, 4.69) is 118 Å². The van der Waals surface area contributed by atoms with Crippen molar-refractivity contribution in [3.63, 3.8) is 0 Å². The zero-order valence-corrected chi connectivity index (χ0v) is 82.7. The molecule has 5 aromatic rings. The second kappa shape index (κ2) is 58.6. The molecule has 146 heavy (non-hydrogen) atoms. The molecule has 17 amide bonds. The number of phenolic OH excluding ortho intramolecular Hbond substituents is 1. The number of H-pyrrole nitrogens is 2. The number of carboxylic acid groups (broad SMARTS) is 2. The van der Waals surface area contributed by atoms with Gasteiger partial charge in [-0.25, -0.2) is 9.78 Å². The Morgan fingerprint density at radius 3 is 1.45 bits per heavy atom. The number of para-hydroxylation sites is 1. The van der Waals surface area contributed by atoms with Crippen LogP contribution in [-0.2, 0) is 117 Å². The van der Waals surface area contributed by atoms with Crippen LogP contribution in [0.5, 0.6) is 5.75 Å². The number of aliphatic carboxylic acids is 2. The number of unbranched alkanes of at least 4 members (excludes halogenated alkanes) is 1. The minimum absolute atomic E-state index is 0.0173. The van der Waals surface area contributed by atoms with Crippen LogP contribution in [0.25, 0.3) is 10.9 Å². The number of nitrogens with one attached hydrogen (secondary N) is 21. The summed E-state index contributed by atoms with van der Waals surface area (Å²) in [4.78, 5) is 278. The molecule has 0 radical (unpaired) electrons. The van der Waals surface area contributed by atoms with Gasteiger partial charge in [0.25, 0.3) is 0 Å². The maximum Gasteiger partial charge on any atom is 0.326 e. The van der Waals surface area contributed by atoms with E-state index in [1.807, 2.05) is 0 Å². The van der Waals surface area contributed by atoms with Gasteiger partial charge in [0.1, 0.15) is 102 Å². The molecular formula is C93H136N28O24S. The third-order valence-corrected chi connectivity index (χ3v) is 24.5. The van der Waals surface area contributed by atoms with Crippen LogP contribution in [0.15, 0.2) is 97.6 Å². The zero-order valence-electron chi connectivity index (χ0n) is 81.8. The van der Waals surface area contributed by atoms with E-state index >= 15 is 0 Å². The largest absolute Gasteiger partial charge is 0.508 e. The minimum Gasteiger partial charge on any atom is -0.508 e. The van der Waals surface area contributed by atoms with E-state index in [4.69, 9.17) is 33.8 Å². The summed E-state index contributed by atoms with van der Waals surface area (Å²) in [5.74, 6) is -20.2. The van der Waals surface area contributed by atoms with E-state index in [0.29, 0.717) is 46.1 Å². The van der Waals surface area contributed by atoms with Gasteiger partial charge in [-0.15, -0.1) is 0 Å². The Bertz CT molecular complexity index is 5370. The van der Waals surface area contributed by atoms with Crippen molar-refractivity contribution < 1.29 is 117 Å². The molecule has 0 spiro atoms. The number of carboxylic acids is 2. The van der Waals surface area contributed by atoms with Crippen molar-refractivity contribution in [3.05, 3.63) is 120 Å². The first-order chi connectivity index (χ1) is 69.3. The van der Waals surface area contributed by atoms with Crippen molar-refractivity contribution in [2.75, 3.05) is 45.0 Å². The number of hydrogen-bond acceptors (Lipinski definition) is 28. The Hall–Kier alpha value is -15.1. The van der Waals surface area contributed by atoms with Crippen LogP contribution in [-0.4, -0.2) is 335 Å². The highest BCUT2D eigenvalue weighted by atomic mass is 32.1. The molecule has 2 aliphatic rings. The van der Waals surface area contributed by atoms with E-state index in [1.165, 1.54) is 64.5 Å². The number of carbonyl (C=O) groups excluding carboxylic acids is 17. The third kappa shape index (κ3) is 37.6. The monoisotopic (exact) mass is 2060 g/mol. The van der Waals surface area contributed by atoms with Crippen LogP contribution in [0.1, 0.15) is 147 Å². The standard InChI is InChI=1S/C93H136N28O24S/c1-47(108-84(137)68(41-56-43-100-46-105-56)115-77(130)49(3)107-79(132)59(95)45-146)75(128)106-48(2)76(129)111-61(23-14-34-101-92(96)97)81(134)113-63(31-32-72(126)127)89(142)121-37-17-26-70(121)90(143)120-36-16-25-69(120)86(139)119-74(52(6)123)87(140)112-62(24-15-35-102-93(98)99)82(135)118-73(51(5)122)88(141)117-65(38-53-18-8-7-9-19-53)83(136)109-50(4)78(131)114-66(39-54-27-29-57(124)30-28-54)85(138)116-67(40-55-42-103-60-21-11-10-20-58(55)60)80(133)104-44-71(125)110-64(91(144)145)22-12-13-33-94/h7-11,18-21,27-30,42-43,46-52,59,61-70,73-74,103,122-124,146H,12-17,22-26,31-41,44-45,94-95H2,1-6H3,(H,100,105)(H,104,133)(H,106,128)(H,107,132)(H,108,137)(H,109,136)(H,110,125)(H,111,129)(H,112,140)(H,113,134)(H,114,131)(H,115,130)(H,116,138)(H,117,141)(H,118,135)(H,119,139)(H,126,127)(H,144,145)(H4,96,97,101)(H4,98,99,102)/t47-,48-,49-,50-,51+,52+,59-,61-,62-,63-,64-,65-,66-,67-,68-,69-,70-,73-,74-/m0/s1. The summed E-state index contributed by atoms with van der Waals surface area (Å²) in [5, 5.41) is 111. The number of phenols is 1. The lowest BCUT2D eigenvalue weighted by Gasteiger charge is -2.34. The summed E-state index contributed by atoms with van der Waals surface area (Å²) in [5.41, 5.74) is 24.8. The molecule has 53 heteroatoms. The highest BCUT2D eigenvalue weighted by Gasteiger charge is 2.46. The van der Waals surface area contributed by atoms with E-state index < -0.39 is 259 Å². The number of aliphatic hydroxyl groups excluding tert-OH is 2.